The van der Waals surface area contributed by atoms with Crippen molar-refractivity contribution in [2.75, 3.05) is 11.9 Å². The molecule has 0 saturated carbocycles. The van der Waals surface area contributed by atoms with Crippen LogP contribution in [0.1, 0.15) is 0 Å². The molecule has 1 aromatic heterocycles. The van der Waals surface area contributed by atoms with E-state index in [1.165, 1.54) is 10.4 Å². The van der Waals surface area contributed by atoms with Gasteiger partial charge in [0.1, 0.15) is 0 Å². The Bertz CT molecular complexity index is 1080. The maximum absolute atomic E-state index is 4.20. The highest BCUT2D eigenvalue weighted by Crippen LogP contribution is 2.34. The molecule has 0 amide bonds. The lowest BCUT2D eigenvalue weighted by atomic mass is 10.1. The molecule has 0 N–H and O–H groups in total. The highest BCUT2D eigenvalue weighted by Gasteiger charge is 2.08. The van der Waals surface area contributed by atoms with Crippen LogP contribution in [0.5, 0.6) is 0 Å². The maximum atomic E-state index is 4.20. The van der Waals surface area contributed by atoms with E-state index >= 15 is 0 Å². The molecule has 0 aliphatic heterocycles. The van der Waals surface area contributed by atoms with E-state index in [9.17, 15) is 0 Å². The van der Waals surface area contributed by atoms with Gasteiger partial charge in [0.05, 0.1) is 9.48 Å². The van der Waals surface area contributed by atoms with E-state index in [1.807, 2.05) is 49.6 Å². The largest absolute Gasteiger partial charge is 0.337 e. The molecule has 1 heterocycles. The Labute approximate surface area is 179 Å². The molecule has 0 atom stereocenters. The Morgan fingerprint density at radius 2 is 1.75 bits per heavy atom. The Morgan fingerprint density at radius 3 is 2.54 bits per heavy atom. The van der Waals surface area contributed by atoms with Gasteiger partial charge >= 0.3 is 0 Å². The molecule has 1 aliphatic carbocycles. The van der Waals surface area contributed by atoms with Gasteiger partial charge in [-0.15, -0.1) is 22.8 Å². The summed E-state index contributed by atoms with van der Waals surface area (Å²) in [7, 11) is 2.03. The van der Waals surface area contributed by atoms with Crippen molar-refractivity contribution in [1.29, 1.82) is 0 Å². The molecular weight excluding hydrogens is 426 g/mol. The fraction of sp³-hybridized carbons (Fsp3) is 0.0400. The van der Waals surface area contributed by atoms with Crippen LogP contribution in [0.3, 0.4) is 0 Å². The first-order valence-electron chi connectivity index (χ1n) is 8.75. The minimum Gasteiger partial charge on any atom is -0.337 e. The lowest BCUT2D eigenvalue weighted by Gasteiger charge is -2.17. The lowest BCUT2D eigenvalue weighted by molar-refractivity contribution is 1.17. The fourth-order valence-electron chi connectivity index (χ4n) is 2.51. The number of anilines is 1. The molecule has 3 rings (SSSR count). The smallest absolute Gasteiger partial charge is 0.0956 e. The van der Waals surface area contributed by atoms with Gasteiger partial charge in [-0.25, -0.2) is 0 Å². The Morgan fingerprint density at radius 1 is 1.00 bits per heavy atom. The Kier molecular flexibility index (Phi) is 6.71. The summed E-state index contributed by atoms with van der Waals surface area (Å²) in [6.45, 7) is 8.35. The van der Waals surface area contributed by atoms with Crippen molar-refractivity contribution < 1.29 is 0 Å². The van der Waals surface area contributed by atoms with Crippen LogP contribution < -0.4 is 4.90 Å². The van der Waals surface area contributed by atoms with Gasteiger partial charge in [0.25, 0.3) is 0 Å². The van der Waals surface area contributed by atoms with Crippen molar-refractivity contribution >= 4 is 32.3 Å². The lowest BCUT2D eigenvalue weighted by Crippen LogP contribution is -2.12. The summed E-state index contributed by atoms with van der Waals surface area (Å²) >= 11 is 5.18. The van der Waals surface area contributed by atoms with Crippen molar-refractivity contribution in [2.45, 2.75) is 0 Å². The predicted molar refractivity (Wildman–Crippen MR) is 127 cm³/mol. The zero-order chi connectivity index (χ0) is 19.9. The van der Waals surface area contributed by atoms with Crippen molar-refractivity contribution in [3.8, 4) is 10.4 Å². The van der Waals surface area contributed by atoms with E-state index in [4.69, 9.17) is 0 Å². The van der Waals surface area contributed by atoms with Gasteiger partial charge < -0.3 is 4.90 Å². The van der Waals surface area contributed by atoms with Gasteiger partial charge in [0.15, 0.2) is 0 Å². The summed E-state index contributed by atoms with van der Waals surface area (Å²) in [6, 6.07) is 14.7. The molecule has 28 heavy (non-hydrogen) atoms. The SMILES string of the molecule is C=C(/C=C\C(=C)N(C)c1ccc(-c2ccccc2)s1)C1=C=CC=C=C(Br)/C=C\1. The van der Waals surface area contributed by atoms with Crippen molar-refractivity contribution in [2.24, 2.45) is 0 Å². The molecule has 0 saturated heterocycles. The summed E-state index contributed by atoms with van der Waals surface area (Å²) < 4.78 is 0.885. The van der Waals surface area contributed by atoms with Gasteiger partial charge in [-0.3, -0.25) is 0 Å². The van der Waals surface area contributed by atoms with Gasteiger partial charge in [0, 0.05) is 23.2 Å². The number of benzene rings is 1. The number of thiophene rings is 1. The highest BCUT2D eigenvalue weighted by molar-refractivity contribution is 9.11. The van der Waals surface area contributed by atoms with Crippen LogP contribution in [0.2, 0.25) is 0 Å². The van der Waals surface area contributed by atoms with E-state index in [-0.39, 0.29) is 0 Å². The van der Waals surface area contributed by atoms with Crippen LogP contribution >= 0.6 is 27.3 Å². The number of nitrogens with zero attached hydrogens (tertiary/aromatic N) is 1. The average molecular weight is 446 g/mol. The molecule has 1 aliphatic rings. The van der Waals surface area contributed by atoms with E-state index in [0.29, 0.717) is 0 Å². The van der Waals surface area contributed by atoms with Crippen LogP contribution in [0.25, 0.3) is 10.4 Å². The van der Waals surface area contributed by atoms with Gasteiger partial charge in [-0.1, -0.05) is 49.6 Å². The van der Waals surface area contributed by atoms with E-state index in [1.54, 1.807) is 11.3 Å². The maximum Gasteiger partial charge on any atom is 0.0956 e. The second-order valence-corrected chi connectivity index (χ2v) is 8.05. The minimum absolute atomic E-state index is 0.869. The van der Waals surface area contributed by atoms with E-state index < -0.39 is 0 Å². The average Bonchev–Trinajstić information content (AvgIpc) is 3.19. The van der Waals surface area contributed by atoms with Crippen LogP contribution in [-0.4, -0.2) is 7.05 Å². The molecule has 1 nitrogen and oxygen atoms in total. The van der Waals surface area contributed by atoms with Crippen molar-refractivity contribution in [3.63, 3.8) is 0 Å². The summed E-state index contributed by atoms with van der Waals surface area (Å²) in [6.07, 6.45) is 11.5. The third kappa shape index (κ3) is 5.13. The molecular formula is C25H20BrNS. The Balaban J connectivity index is 1.70. The van der Waals surface area contributed by atoms with E-state index in [0.717, 1.165) is 26.3 Å². The molecule has 0 unspecified atom stereocenters. The zero-order valence-corrected chi connectivity index (χ0v) is 18.1. The highest BCUT2D eigenvalue weighted by atomic mass is 79.9. The third-order valence-electron chi connectivity index (χ3n) is 4.17. The zero-order valence-electron chi connectivity index (χ0n) is 15.7. The summed E-state index contributed by atoms with van der Waals surface area (Å²) in [5.74, 6) is 0. The van der Waals surface area contributed by atoms with Crippen molar-refractivity contribution in [1.82, 2.24) is 0 Å². The van der Waals surface area contributed by atoms with Gasteiger partial charge in [0.2, 0.25) is 0 Å². The first kappa shape index (κ1) is 19.9. The van der Waals surface area contributed by atoms with Crippen LogP contribution in [0, 0.1) is 0 Å². The topological polar surface area (TPSA) is 3.24 Å². The number of halogens is 1. The molecule has 0 bridgehead atoms. The number of allylic oxidation sites excluding steroid dienone is 7. The first-order valence-corrected chi connectivity index (χ1v) is 10.4. The van der Waals surface area contributed by atoms with E-state index in [2.05, 4.69) is 81.8 Å². The second-order valence-electron chi connectivity index (χ2n) is 6.13. The summed E-state index contributed by atoms with van der Waals surface area (Å²) in [5.41, 5.74) is 10.2. The third-order valence-corrected chi connectivity index (χ3v) is 5.88. The monoisotopic (exact) mass is 445 g/mol. The molecule has 0 radical (unpaired) electrons. The molecule has 0 fully saturated rings. The van der Waals surface area contributed by atoms with Crippen molar-refractivity contribution in [3.05, 3.63) is 125 Å². The molecule has 2 aromatic rings. The number of hydrogen-bond acceptors (Lipinski definition) is 2. The number of rotatable bonds is 6. The number of hydrogen-bond donors (Lipinski definition) is 0. The Hall–Kier alpha value is -2.80. The first-order chi connectivity index (χ1) is 13.5. The fourth-order valence-corrected chi connectivity index (χ4v) is 3.78. The molecule has 1 aromatic carbocycles. The van der Waals surface area contributed by atoms with Gasteiger partial charge in [-0.05, 0) is 69.6 Å². The molecule has 138 valence electrons. The minimum atomic E-state index is 0.869. The predicted octanol–water partition coefficient (Wildman–Crippen LogP) is 7.56. The van der Waals surface area contributed by atoms with Crippen LogP contribution in [0.4, 0.5) is 5.00 Å². The number of likely N-dealkylation sites (N-methyl/N-ethyl adjacent to an activating group) is 1. The molecule has 0 spiro atoms. The second kappa shape index (κ2) is 9.41. The summed E-state index contributed by atoms with van der Waals surface area (Å²) in [5, 5.41) is 1.14. The van der Waals surface area contributed by atoms with Gasteiger partial charge in [-0.2, -0.15) is 0 Å². The molecule has 3 heteroatoms. The van der Waals surface area contributed by atoms with Crippen LogP contribution in [0.15, 0.2) is 125 Å². The quantitative estimate of drug-likeness (QED) is 0.327. The standard InChI is InChI=1S/C25H20BrNS/c1-19(21-9-7-8-12-23(26)16-15-21)13-14-20(2)27(3)25-18-17-24(28-25)22-10-5-4-6-11-22/h4-8,10-11,13-18H,1-2H2,3H3/b14-13-,16-15-. The summed E-state index contributed by atoms with van der Waals surface area (Å²) in [4.78, 5) is 3.33. The normalized spacial score (nSPS) is 14.2. The van der Waals surface area contributed by atoms with Crippen LogP contribution in [-0.2, 0) is 0 Å².